The summed E-state index contributed by atoms with van der Waals surface area (Å²) in [6, 6.07) is 0. The van der Waals surface area contributed by atoms with E-state index in [9.17, 15) is 4.79 Å². The van der Waals surface area contributed by atoms with Crippen molar-refractivity contribution in [3.05, 3.63) is 0 Å². The van der Waals surface area contributed by atoms with E-state index in [4.69, 9.17) is 14.3 Å². The Kier molecular flexibility index (Phi) is 6.28. The van der Waals surface area contributed by atoms with Crippen LogP contribution >= 0.6 is 0 Å². The summed E-state index contributed by atoms with van der Waals surface area (Å²) in [6.07, 6.45) is -0.702. The molecule has 4 nitrogen and oxygen atoms in total. The lowest BCUT2D eigenvalue weighted by molar-refractivity contribution is 0.191. The van der Waals surface area contributed by atoms with Crippen LogP contribution in [0, 0.1) is 0 Å². The van der Waals surface area contributed by atoms with Gasteiger partial charge in [-0.1, -0.05) is 41.5 Å². The number of carbonyl (C=O) groups is 1. The zero-order valence-corrected chi connectivity index (χ0v) is 13.7. The van der Waals surface area contributed by atoms with E-state index in [1.807, 2.05) is 27.7 Å². The highest BCUT2D eigenvalue weighted by atomic mass is 28.4. The minimum atomic E-state index is -2.49. The van der Waals surface area contributed by atoms with Crippen LogP contribution in [0.25, 0.3) is 0 Å². The summed E-state index contributed by atoms with van der Waals surface area (Å²) in [6.45, 7) is 12.5. The lowest BCUT2D eigenvalue weighted by Crippen LogP contribution is -2.51. The van der Waals surface area contributed by atoms with Gasteiger partial charge in [0, 0.05) is 11.1 Å². The Morgan fingerprint density at radius 1 is 1.12 bits per heavy atom. The standard InChI is InChI=1S/C10H25NO3Si2/c1-7(2)15-14-16(8(3)4,9(5)6)13-10(11)12/h7-9H,15H2,1-6H3,(H2,11,12). The van der Waals surface area contributed by atoms with Crippen LogP contribution in [0.3, 0.4) is 0 Å². The molecule has 0 saturated carbocycles. The fraction of sp³-hybridized carbons (Fsp3) is 0.900. The van der Waals surface area contributed by atoms with Gasteiger partial charge in [-0.2, -0.15) is 0 Å². The number of carbonyl (C=O) groups excluding carboxylic acids is 1. The monoisotopic (exact) mass is 263 g/mol. The summed E-state index contributed by atoms with van der Waals surface area (Å²) in [5, 5.41) is 0. The van der Waals surface area contributed by atoms with Gasteiger partial charge in [0.1, 0.15) is 0 Å². The summed E-state index contributed by atoms with van der Waals surface area (Å²) in [5.41, 5.74) is 6.18. The van der Waals surface area contributed by atoms with Crippen LogP contribution in [0.5, 0.6) is 0 Å². The lowest BCUT2D eigenvalue weighted by Gasteiger charge is -2.36. The molecule has 0 fully saturated rings. The van der Waals surface area contributed by atoms with Crippen molar-refractivity contribution in [2.75, 3.05) is 0 Å². The summed E-state index contributed by atoms with van der Waals surface area (Å²) >= 11 is 0. The average molecular weight is 263 g/mol. The second kappa shape index (κ2) is 6.41. The summed E-state index contributed by atoms with van der Waals surface area (Å²) in [7, 11) is -3.15. The van der Waals surface area contributed by atoms with E-state index in [1.165, 1.54) is 0 Å². The van der Waals surface area contributed by atoms with Crippen molar-refractivity contribution < 1.29 is 13.3 Å². The van der Waals surface area contributed by atoms with Gasteiger partial charge in [0.2, 0.25) is 0 Å². The van der Waals surface area contributed by atoms with Gasteiger partial charge in [-0.05, 0) is 5.54 Å². The van der Waals surface area contributed by atoms with Crippen LogP contribution in [0.2, 0.25) is 16.6 Å². The third-order valence-electron chi connectivity index (χ3n) is 2.51. The Morgan fingerprint density at radius 3 is 1.81 bits per heavy atom. The smallest absolute Gasteiger partial charge is 0.398 e. The maximum absolute atomic E-state index is 11.0. The van der Waals surface area contributed by atoms with E-state index in [2.05, 4.69) is 13.8 Å². The molecule has 0 spiro atoms. The number of nitrogens with two attached hydrogens (primary N) is 1. The van der Waals surface area contributed by atoms with E-state index in [0.717, 1.165) is 0 Å². The normalized spacial score (nSPS) is 13.3. The Balaban J connectivity index is 4.86. The Morgan fingerprint density at radius 2 is 1.56 bits per heavy atom. The molecule has 0 aliphatic heterocycles. The third-order valence-corrected chi connectivity index (χ3v) is 9.39. The molecule has 0 rings (SSSR count). The van der Waals surface area contributed by atoms with Gasteiger partial charge in [-0.15, -0.1) is 0 Å². The molecule has 0 radical (unpaired) electrons. The first-order valence-electron chi connectivity index (χ1n) is 5.84. The largest absolute Gasteiger partial charge is 0.478 e. The highest BCUT2D eigenvalue weighted by Crippen LogP contribution is 2.34. The third kappa shape index (κ3) is 4.27. The van der Waals surface area contributed by atoms with Gasteiger partial charge >= 0.3 is 14.7 Å². The van der Waals surface area contributed by atoms with Crippen molar-refractivity contribution in [1.82, 2.24) is 0 Å². The van der Waals surface area contributed by atoms with Crippen molar-refractivity contribution in [2.45, 2.75) is 58.2 Å². The topological polar surface area (TPSA) is 61.6 Å². The predicted molar refractivity (Wildman–Crippen MR) is 71.3 cm³/mol. The molecule has 0 aromatic rings. The molecule has 0 atom stereocenters. The van der Waals surface area contributed by atoms with Crippen molar-refractivity contribution in [3.8, 4) is 0 Å². The fourth-order valence-electron chi connectivity index (χ4n) is 1.72. The van der Waals surface area contributed by atoms with Crippen LogP contribution in [-0.2, 0) is 8.54 Å². The second-order valence-corrected chi connectivity index (χ2v) is 12.2. The first-order valence-corrected chi connectivity index (χ1v) is 9.21. The zero-order chi connectivity index (χ0) is 12.9. The molecule has 0 bridgehead atoms. The van der Waals surface area contributed by atoms with Gasteiger partial charge in [-0.25, -0.2) is 4.79 Å². The summed E-state index contributed by atoms with van der Waals surface area (Å²) in [4.78, 5) is 11.0. The first-order chi connectivity index (χ1) is 7.22. The van der Waals surface area contributed by atoms with Crippen LogP contribution < -0.4 is 5.73 Å². The fourth-order valence-corrected chi connectivity index (χ4v) is 9.12. The van der Waals surface area contributed by atoms with Crippen molar-refractivity contribution in [3.63, 3.8) is 0 Å². The maximum Gasteiger partial charge on any atom is 0.398 e. The van der Waals surface area contributed by atoms with Gasteiger partial charge < -0.3 is 14.3 Å². The zero-order valence-electron chi connectivity index (χ0n) is 11.2. The van der Waals surface area contributed by atoms with E-state index < -0.39 is 24.4 Å². The first kappa shape index (κ1) is 15.7. The number of hydrogen-bond donors (Lipinski definition) is 1. The molecule has 96 valence electrons. The SMILES string of the molecule is CC(C)[SiH2]O[Si](OC(N)=O)(C(C)C)C(C)C. The van der Waals surface area contributed by atoms with E-state index in [1.54, 1.807) is 0 Å². The molecule has 2 N–H and O–H groups in total. The summed E-state index contributed by atoms with van der Waals surface area (Å²) < 4.78 is 11.5. The molecule has 0 heterocycles. The van der Waals surface area contributed by atoms with Gasteiger partial charge in [0.25, 0.3) is 0 Å². The number of hydrogen-bond acceptors (Lipinski definition) is 3. The number of rotatable bonds is 6. The molecule has 0 aromatic heterocycles. The molecule has 0 aliphatic rings. The average Bonchev–Trinajstić information content (AvgIpc) is 2.10. The Bertz CT molecular complexity index is 224. The maximum atomic E-state index is 11.0. The quantitative estimate of drug-likeness (QED) is 0.748. The molecule has 0 saturated heterocycles. The molecule has 6 heteroatoms. The van der Waals surface area contributed by atoms with Crippen molar-refractivity contribution >= 4 is 24.4 Å². The molecular formula is C10H25NO3Si2. The highest BCUT2D eigenvalue weighted by Gasteiger charge is 2.47. The number of amides is 1. The Hall–Kier alpha value is -0.336. The second-order valence-electron chi connectivity index (χ2n) is 5.16. The molecule has 0 aromatic carbocycles. The van der Waals surface area contributed by atoms with Crippen LogP contribution in [0.1, 0.15) is 41.5 Å². The predicted octanol–water partition coefficient (Wildman–Crippen LogP) is 2.27. The van der Waals surface area contributed by atoms with E-state index in [0.29, 0.717) is 5.54 Å². The van der Waals surface area contributed by atoms with Crippen molar-refractivity contribution in [1.29, 1.82) is 0 Å². The van der Waals surface area contributed by atoms with E-state index in [-0.39, 0.29) is 11.1 Å². The van der Waals surface area contributed by atoms with Gasteiger partial charge in [0.05, 0.1) is 0 Å². The molecule has 1 amide bonds. The van der Waals surface area contributed by atoms with Crippen molar-refractivity contribution in [2.24, 2.45) is 5.73 Å². The molecule has 0 unspecified atom stereocenters. The van der Waals surface area contributed by atoms with Gasteiger partial charge in [-0.3, -0.25) is 0 Å². The molecule has 16 heavy (non-hydrogen) atoms. The van der Waals surface area contributed by atoms with Crippen LogP contribution in [0.15, 0.2) is 0 Å². The van der Waals surface area contributed by atoms with Gasteiger partial charge in [0.15, 0.2) is 9.76 Å². The molecular weight excluding hydrogens is 238 g/mol. The van der Waals surface area contributed by atoms with Crippen LogP contribution in [0.4, 0.5) is 4.79 Å². The van der Waals surface area contributed by atoms with E-state index >= 15 is 0 Å². The molecule has 0 aliphatic carbocycles. The minimum absolute atomic E-state index is 0.228. The lowest BCUT2D eigenvalue weighted by atomic mass is 10.5. The highest BCUT2D eigenvalue weighted by molar-refractivity contribution is 6.75. The minimum Gasteiger partial charge on any atom is -0.478 e. The summed E-state index contributed by atoms with van der Waals surface area (Å²) in [5.74, 6) is 0. The number of primary amides is 1. The van der Waals surface area contributed by atoms with Crippen LogP contribution in [-0.4, -0.2) is 24.4 Å². The Labute approximate surface area is 102 Å².